The lowest BCUT2D eigenvalue weighted by molar-refractivity contribution is 0.0688. The Balaban J connectivity index is 1.30. The van der Waals surface area contributed by atoms with Crippen LogP contribution in [0, 0.1) is 11.7 Å². The van der Waals surface area contributed by atoms with E-state index in [0.717, 1.165) is 19.4 Å². The van der Waals surface area contributed by atoms with E-state index in [9.17, 15) is 9.50 Å². The van der Waals surface area contributed by atoms with Gasteiger partial charge in [0.1, 0.15) is 29.8 Å². The first-order valence-electron chi connectivity index (χ1n) is 15.2. The highest BCUT2D eigenvalue weighted by Crippen LogP contribution is 2.44. The summed E-state index contributed by atoms with van der Waals surface area (Å²) in [5.74, 6) is -0.126. The molecule has 1 unspecified atom stereocenters. The third-order valence-electron chi connectivity index (χ3n) is 9.43. The summed E-state index contributed by atoms with van der Waals surface area (Å²) in [6.45, 7) is 2.84. The zero-order valence-electron chi connectivity index (χ0n) is 24.4. The number of aliphatic hydroxyl groups excluding tert-OH is 1. The number of rotatable bonds is 3. The number of aromatic amines is 1. The molecule has 8 heterocycles. The first kappa shape index (κ1) is 28.8. The molecule has 0 aliphatic carbocycles. The number of aliphatic hydroxyl groups is 1. The Labute approximate surface area is 262 Å². The molecule has 5 aliphatic heterocycles. The van der Waals surface area contributed by atoms with Crippen molar-refractivity contribution >= 4 is 39.2 Å². The number of alkyl halides is 1. The van der Waals surface area contributed by atoms with Crippen LogP contribution in [0.4, 0.5) is 14.6 Å². The second kappa shape index (κ2) is 11.3. The minimum atomic E-state index is -0.919. The van der Waals surface area contributed by atoms with Gasteiger partial charge in [-0.2, -0.15) is 15.1 Å². The van der Waals surface area contributed by atoms with Crippen LogP contribution >= 0.6 is 11.6 Å². The molecule has 4 atom stereocenters. The Morgan fingerprint density at radius 3 is 3.02 bits per heavy atom. The van der Waals surface area contributed by atoms with Crippen LogP contribution in [-0.2, 0) is 4.74 Å². The van der Waals surface area contributed by atoms with Crippen molar-refractivity contribution in [1.29, 1.82) is 0 Å². The van der Waals surface area contributed by atoms with Gasteiger partial charge in [-0.25, -0.2) is 8.78 Å². The van der Waals surface area contributed by atoms with Crippen LogP contribution in [0.25, 0.3) is 33.1 Å². The van der Waals surface area contributed by atoms with E-state index in [2.05, 4.69) is 25.1 Å². The number of benzene rings is 1. The Morgan fingerprint density at radius 1 is 1.20 bits per heavy atom. The molecule has 0 saturated carbocycles. The average Bonchev–Trinajstić information content (AvgIpc) is 3.71. The Morgan fingerprint density at radius 2 is 2.11 bits per heavy atom. The molecular formula is C31H32ClF2N7O4. The molecule has 6 bridgehead atoms. The van der Waals surface area contributed by atoms with Crippen molar-refractivity contribution in [3.8, 4) is 23.0 Å². The Hall–Kier alpha value is -3.65. The number of halogens is 3. The van der Waals surface area contributed by atoms with E-state index in [1.54, 1.807) is 18.3 Å². The fraction of sp³-hybridized carbons (Fsp3) is 0.484. The van der Waals surface area contributed by atoms with E-state index in [-0.39, 0.29) is 53.7 Å². The molecule has 14 heteroatoms. The van der Waals surface area contributed by atoms with E-state index in [4.69, 9.17) is 30.8 Å². The number of nitrogens with one attached hydrogen (secondary N) is 1. The number of ether oxygens (including phenoxy) is 3. The van der Waals surface area contributed by atoms with E-state index in [1.165, 1.54) is 12.5 Å². The highest BCUT2D eigenvalue weighted by Gasteiger charge is 2.49. The molecule has 2 N–H and O–H groups in total. The van der Waals surface area contributed by atoms with Crippen molar-refractivity contribution in [3.63, 3.8) is 0 Å². The van der Waals surface area contributed by atoms with Crippen LogP contribution in [-0.4, -0.2) is 99.0 Å². The molecule has 11 nitrogen and oxygen atoms in total. The number of hydrogen-bond acceptors (Lipinski definition) is 10. The van der Waals surface area contributed by atoms with Gasteiger partial charge >= 0.3 is 6.01 Å². The number of H-pyrrole nitrogens is 1. The lowest BCUT2D eigenvalue weighted by atomic mass is 9.95. The van der Waals surface area contributed by atoms with Crippen LogP contribution in [0.15, 0.2) is 30.8 Å². The maximum Gasteiger partial charge on any atom is 0.319 e. The standard InChI is InChI=1S/C31H32ClF2N7O4/c32-22-8-23-20(11-36-39-23)24-27-25(34)26-21(10-35-27)29(38-30(37-26)45-16-31-3-1-4-41(31)13-18(33)9-31)40-12-17(7-19(42)14-40)15-43-5-2-6-44-28(22)24/h2,6,8,10-11,17-19,42H,1,3-5,7,9,12-16H2,(H,36,39)/b6-2-/t17?,18-,19-,31+/m1/s1. The van der Waals surface area contributed by atoms with Gasteiger partial charge in [0.2, 0.25) is 0 Å². The highest BCUT2D eigenvalue weighted by molar-refractivity contribution is 6.33. The monoisotopic (exact) mass is 639 g/mol. The van der Waals surface area contributed by atoms with Gasteiger partial charge in [0.05, 0.1) is 58.8 Å². The molecule has 3 fully saturated rings. The summed E-state index contributed by atoms with van der Waals surface area (Å²) < 4.78 is 49.5. The quantitative estimate of drug-likeness (QED) is 0.333. The first-order chi connectivity index (χ1) is 21.9. The fourth-order valence-corrected chi connectivity index (χ4v) is 7.71. The number of hydrogen-bond donors (Lipinski definition) is 2. The molecule has 0 amide bonds. The van der Waals surface area contributed by atoms with Crippen molar-refractivity contribution in [3.05, 3.63) is 41.6 Å². The number of piperidine rings is 1. The molecule has 5 aliphatic rings. The fourth-order valence-electron chi connectivity index (χ4n) is 7.47. The van der Waals surface area contributed by atoms with Gasteiger partial charge in [0.25, 0.3) is 0 Å². The van der Waals surface area contributed by atoms with Crippen LogP contribution in [0.3, 0.4) is 0 Å². The largest absolute Gasteiger partial charge is 0.463 e. The van der Waals surface area contributed by atoms with Gasteiger partial charge in [-0.15, -0.1) is 0 Å². The van der Waals surface area contributed by atoms with E-state index in [1.807, 2.05) is 4.90 Å². The average molecular weight is 640 g/mol. The molecule has 0 spiro atoms. The van der Waals surface area contributed by atoms with Crippen LogP contribution in [0.5, 0.6) is 11.8 Å². The van der Waals surface area contributed by atoms with Crippen molar-refractivity contribution in [2.75, 3.05) is 50.9 Å². The number of aromatic nitrogens is 5. The topological polar surface area (TPSA) is 122 Å². The predicted molar refractivity (Wildman–Crippen MR) is 163 cm³/mol. The van der Waals surface area contributed by atoms with E-state index in [0.29, 0.717) is 60.2 Å². The normalized spacial score (nSPS) is 27.6. The molecule has 9 rings (SSSR count). The van der Waals surface area contributed by atoms with Gasteiger partial charge < -0.3 is 24.2 Å². The molecular weight excluding hydrogens is 608 g/mol. The van der Waals surface area contributed by atoms with Crippen LogP contribution in [0.2, 0.25) is 5.02 Å². The third kappa shape index (κ3) is 5.05. The maximum atomic E-state index is 16.9. The summed E-state index contributed by atoms with van der Waals surface area (Å²) in [5.41, 5.74) is 0.403. The first-order valence-corrected chi connectivity index (χ1v) is 15.6. The summed E-state index contributed by atoms with van der Waals surface area (Å²) in [7, 11) is 0. The lowest BCUT2D eigenvalue weighted by Crippen LogP contribution is -2.45. The number of anilines is 1. The SMILES string of the molecule is O[C@@H]1CC2COC/C=C\Oc3c(Cl)cc4[nH]ncc4c3-c3ncc4c(nc(OC[C@@]56CCCN5C[C@H](F)C6)nc4c3F)N(C2)C1. The second-order valence-corrected chi connectivity index (χ2v) is 12.9. The van der Waals surface area contributed by atoms with E-state index < -0.39 is 23.6 Å². The molecule has 236 valence electrons. The molecule has 4 aromatic rings. The maximum absolute atomic E-state index is 16.9. The highest BCUT2D eigenvalue weighted by atomic mass is 35.5. The lowest BCUT2D eigenvalue weighted by Gasteiger charge is -2.37. The summed E-state index contributed by atoms with van der Waals surface area (Å²) in [4.78, 5) is 18.0. The van der Waals surface area contributed by atoms with Gasteiger partial charge in [-0.1, -0.05) is 11.6 Å². The zero-order valence-corrected chi connectivity index (χ0v) is 25.1. The summed E-state index contributed by atoms with van der Waals surface area (Å²) >= 11 is 6.65. The molecule has 3 aromatic heterocycles. The van der Waals surface area contributed by atoms with Gasteiger partial charge in [0.15, 0.2) is 11.6 Å². The molecule has 1 aromatic carbocycles. The molecule has 0 radical (unpaired) electrons. The van der Waals surface area contributed by atoms with Gasteiger partial charge in [0, 0.05) is 43.6 Å². The minimum absolute atomic E-state index is 0.00589. The minimum Gasteiger partial charge on any atom is -0.463 e. The number of pyridine rings is 1. The summed E-state index contributed by atoms with van der Waals surface area (Å²) in [6, 6.07) is 1.64. The number of nitrogens with zero attached hydrogens (tertiary/aromatic N) is 6. The van der Waals surface area contributed by atoms with Crippen molar-refractivity contribution in [2.24, 2.45) is 5.92 Å². The second-order valence-electron chi connectivity index (χ2n) is 12.5. The Kier molecular flexibility index (Phi) is 7.23. The predicted octanol–water partition coefficient (Wildman–Crippen LogP) is 4.43. The van der Waals surface area contributed by atoms with Gasteiger partial charge in [-0.05, 0) is 37.9 Å². The molecule has 45 heavy (non-hydrogen) atoms. The molecule has 3 saturated heterocycles. The van der Waals surface area contributed by atoms with Crippen LogP contribution < -0.4 is 14.4 Å². The van der Waals surface area contributed by atoms with Crippen LogP contribution in [0.1, 0.15) is 25.7 Å². The number of fused-ring (bicyclic) bond motifs is 7. The summed E-state index contributed by atoms with van der Waals surface area (Å²) in [6.07, 6.45) is 7.37. The Bertz CT molecular complexity index is 1810. The zero-order chi connectivity index (χ0) is 30.7. The van der Waals surface area contributed by atoms with Gasteiger partial charge in [-0.3, -0.25) is 15.0 Å². The summed E-state index contributed by atoms with van der Waals surface area (Å²) in [5, 5.41) is 19.0. The van der Waals surface area contributed by atoms with Crippen molar-refractivity contribution in [2.45, 2.75) is 43.5 Å². The van der Waals surface area contributed by atoms with E-state index >= 15 is 4.39 Å². The van der Waals surface area contributed by atoms with Crippen molar-refractivity contribution < 1.29 is 28.1 Å². The third-order valence-corrected chi connectivity index (χ3v) is 9.71. The smallest absolute Gasteiger partial charge is 0.319 e. The van der Waals surface area contributed by atoms with Crippen molar-refractivity contribution in [1.82, 2.24) is 30.0 Å².